The van der Waals surface area contributed by atoms with Crippen LogP contribution in [0.3, 0.4) is 0 Å². The maximum absolute atomic E-state index is 13.2. The number of hydrogen-bond donors (Lipinski definition) is 1. The Labute approximate surface area is 195 Å². The van der Waals surface area contributed by atoms with Crippen molar-refractivity contribution < 1.29 is 9.18 Å². The highest BCUT2D eigenvalue weighted by molar-refractivity contribution is 5.92. The number of aryl methyl sites for hydroxylation is 3. The van der Waals surface area contributed by atoms with Gasteiger partial charge in [-0.05, 0) is 50.1 Å². The first-order chi connectivity index (χ1) is 16.4. The second kappa shape index (κ2) is 8.51. The Kier molecular flexibility index (Phi) is 5.37. The van der Waals surface area contributed by atoms with Crippen LogP contribution in [0, 0.1) is 26.6 Å². The van der Waals surface area contributed by atoms with E-state index in [1.54, 1.807) is 33.8 Å². The molecule has 0 aliphatic heterocycles. The molecule has 0 saturated carbocycles. The summed E-state index contributed by atoms with van der Waals surface area (Å²) in [6.45, 7) is 5.91. The first-order valence-electron chi connectivity index (χ1n) is 10.8. The van der Waals surface area contributed by atoms with E-state index in [1.165, 1.54) is 24.0 Å². The Bertz CT molecular complexity index is 1520. The molecule has 2 aromatic carbocycles. The number of nitrogens with zero attached hydrogens (tertiary/aromatic N) is 6. The Morgan fingerprint density at radius 3 is 2.56 bits per heavy atom. The molecular formula is C25H22FN7O. The third kappa shape index (κ3) is 4.03. The van der Waals surface area contributed by atoms with Gasteiger partial charge in [0.15, 0.2) is 11.5 Å². The molecule has 170 valence electrons. The predicted octanol–water partition coefficient (Wildman–Crippen LogP) is 4.25. The normalized spacial score (nSPS) is 11.2. The lowest BCUT2D eigenvalue weighted by Gasteiger charge is -2.10. The molecule has 5 rings (SSSR count). The number of hydrogen-bond acceptors (Lipinski definition) is 5. The zero-order valence-electron chi connectivity index (χ0n) is 19.0. The van der Waals surface area contributed by atoms with Gasteiger partial charge in [0.2, 0.25) is 5.91 Å². The molecule has 3 heterocycles. The number of benzene rings is 2. The Hall–Kier alpha value is -4.40. The second-order valence-electron chi connectivity index (χ2n) is 8.22. The van der Waals surface area contributed by atoms with Gasteiger partial charge in [0.25, 0.3) is 0 Å². The molecule has 0 aliphatic carbocycles. The largest absolute Gasteiger partial charge is 0.310 e. The van der Waals surface area contributed by atoms with E-state index in [9.17, 15) is 9.18 Å². The summed E-state index contributed by atoms with van der Waals surface area (Å²) in [7, 11) is 0. The van der Waals surface area contributed by atoms with E-state index >= 15 is 0 Å². The van der Waals surface area contributed by atoms with Gasteiger partial charge in [0.05, 0.1) is 29.4 Å². The Morgan fingerprint density at radius 1 is 1.00 bits per heavy atom. The van der Waals surface area contributed by atoms with Crippen LogP contribution in [0.1, 0.15) is 22.4 Å². The zero-order chi connectivity index (χ0) is 23.8. The van der Waals surface area contributed by atoms with E-state index in [4.69, 9.17) is 0 Å². The molecule has 0 atom stereocenters. The van der Waals surface area contributed by atoms with Crippen molar-refractivity contribution in [2.24, 2.45) is 0 Å². The second-order valence-corrected chi connectivity index (χ2v) is 8.22. The lowest BCUT2D eigenvalue weighted by Crippen LogP contribution is -2.17. The molecular weight excluding hydrogens is 433 g/mol. The molecule has 0 spiro atoms. The summed E-state index contributed by atoms with van der Waals surface area (Å²) in [5, 5.41) is 12.7. The minimum Gasteiger partial charge on any atom is -0.310 e. The van der Waals surface area contributed by atoms with Crippen molar-refractivity contribution in [1.29, 1.82) is 0 Å². The summed E-state index contributed by atoms with van der Waals surface area (Å²) in [6, 6.07) is 13.8. The fourth-order valence-electron chi connectivity index (χ4n) is 3.94. The SMILES string of the molecule is Cc1ccc(-n2ncc3c(-n4nc(C)cc4NC(=O)Cc4ccc(F)cc4)ncnc32)c(C)c1. The van der Waals surface area contributed by atoms with E-state index in [-0.39, 0.29) is 18.1 Å². The van der Waals surface area contributed by atoms with Gasteiger partial charge in [-0.1, -0.05) is 29.8 Å². The van der Waals surface area contributed by atoms with Crippen LogP contribution in [0.5, 0.6) is 0 Å². The van der Waals surface area contributed by atoms with Gasteiger partial charge in [0.1, 0.15) is 18.0 Å². The lowest BCUT2D eigenvalue weighted by molar-refractivity contribution is -0.115. The Balaban J connectivity index is 1.50. The fourth-order valence-corrected chi connectivity index (χ4v) is 3.94. The minimum absolute atomic E-state index is 0.105. The molecule has 34 heavy (non-hydrogen) atoms. The van der Waals surface area contributed by atoms with Gasteiger partial charge in [-0.25, -0.2) is 19.0 Å². The summed E-state index contributed by atoms with van der Waals surface area (Å²) in [6.07, 6.45) is 3.26. The average molecular weight is 455 g/mol. The van der Waals surface area contributed by atoms with E-state index in [2.05, 4.69) is 31.5 Å². The molecule has 8 nitrogen and oxygen atoms in total. The zero-order valence-corrected chi connectivity index (χ0v) is 19.0. The number of nitrogens with one attached hydrogen (secondary N) is 1. The average Bonchev–Trinajstić information content (AvgIpc) is 3.38. The van der Waals surface area contributed by atoms with Crippen molar-refractivity contribution in [3.8, 4) is 11.5 Å². The van der Waals surface area contributed by atoms with Crippen molar-refractivity contribution in [2.75, 3.05) is 5.32 Å². The van der Waals surface area contributed by atoms with Crippen molar-refractivity contribution >= 4 is 22.8 Å². The van der Waals surface area contributed by atoms with E-state index < -0.39 is 0 Å². The van der Waals surface area contributed by atoms with Gasteiger partial charge in [0, 0.05) is 6.07 Å². The molecule has 1 N–H and O–H groups in total. The number of carbonyl (C=O) groups excluding carboxylic acids is 1. The molecule has 0 aliphatic rings. The Morgan fingerprint density at radius 2 is 1.79 bits per heavy atom. The highest BCUT2D eigenvalue weighted by Crippen LogP contribution is 2.25. The summed E-state index contributed by atoms with van der Waals surface area (Å²) in [5.41, 5.74) is 5.23. The lowest BCUT2D eigenvalue weighted by atomic mass is 10.1. The van der Waals surface area contributed by atoms with Crippen LogP contribution >= 0.6 is 0 Å². The van der Waals surface area contributed by atoms with Crippen LogP contribution in [0.2, 0.25) is 0 Å². The maximum Gasteiger partial charge on any atom is 0.229 e. The first-order valence-corrected chi connectivity index (χ1v) is 10.8. The molecule has 0 saturated heterocycles. The van der Waals surface area contributed by atoms with Crippen molar-refractivity contribution in [1.82, 2.24) is 29.5 Å². The number of aromatic nitrogens is 6. The van der Waals surface area contributed by atoms with Gasteiger partial charge < -0.3 is 5.32 Å². The number of carbonyl (C=O) groups is 1. The number of anilines is 1. The third-order valence-corrected chi connectivity index (χ3v) is 5.50. The quantitative estimate of drug-likeness (QED) is 0.428. The highest BCUT2D eigenvalue weighted by Gasteiger charge is 2.18. The minimum atomic E-state index is -0.341. The van der Waals surface area contributed by atoms with Crippen LogP contribution in [-0.4, -0.2) is 35.4 Å². The fraction of sp³-hybridized carbons (Fsp3) is 0.160. The third-order valence-electron chi connectivity index (χ3n) is 5.50. The van der Waals surface area contributed by atoms with Gasteiger partial charge in [-0.2, -0.15) is 14.9 Å². The number of halogens is 1. The highest BCUT2D eigenvalue weighted by atomic mass is 19.1. The molecule has 0 unspecified atom stereocenters. The first kappa shape index (κ1) is 21.4. The molecule has 0 bridgehead atoms. The van der Waals surface area contributed by atoms with Gasteiger partial charge in [-0.3, -0.25) is 4.79 Å². The summed E-state index contributed by atoms with van der Waals surface area (Å²) < 4.78 is 16.5. The van der Waals surface area contributed by atoms with Crippen LogP contribution in [0.25, 0.3) is 22.5 Å². The topological polar surface area (TPSA) is 90.5 Å². The van der Waals surface area contributed by atoms with E-state index in [0.29, 0.717) is 33.9 Å². The van der Waals surface area contributed by atoms with E-state index in [0.717, 1.165) is 11.3 Å². The number of amides is 1. The van der Waals surface area contributed by atoms with Gasteiger partial charge in [-0.15, -0.1) is 0 Å². The standard InChI is InChI=1S/C25H22FN7O/c1-15-4-9-21(16(2)10-15)32-24-20(13-29-32)25(28-14-27-24)33-22(11-17(3)31-33)30-23(34)12-18-5-7-19(26)8-6-18/h4-11,13-14H,12H2,1-3H3,(H,30,34). The molecule has 5 aromatic rings. The number of fused-ring (bicyclic) bond motifs is 1. The molecule has 0 radical (unpaired) electrons. The van der Waals surface area contributed by atoms with Crippen LogP contribution in [0.15, 0.2) is 61.1 Å². The van der Waals surface area contributed by atoms with Crippen LogP contribution in [0.4, 0.5) is 10.2 Å². The summed E-state index contributed by atoms with van der Waals surface area (Å²) >= 11 is 0. The van der Waals surface area contributed by atoms with Crippen molar-refractivity contribution in [3.63, 3.8) is 0 Å². The molecule has 9 heteroatoms. The summed E-state index contributed by atoms with van der Waals surface area (Å²) in [4.78, 5) is 21.6. The summed E-state index contributed by atoms with van der Waals surface area (Å²) in [5.74, 6) is 0.395. The van der Waals surface area contributed by atoms with Crippen molar-refractivity contribution in [2.45, 2.75) is 27.2 Å². The van der Waals surface area contributed by atoms with Crippen LogP contribution in [-0.2, 0) is 11.2 Å². The number of rotatable bonds is 5. The van der Waals surface area contributed by atoms with Gasteiger partial charge >= 0.3 is 0 Å². The molecule has 0 fully saturated rings. The molecule has 1 amide bonds. The smallest absolute Gasteiger partial charge is 0.229 e. The monoisotopic (exact) mass is 455 g/mol. The molecule has 3 aromatic heterocycles. The predicted molar refractivity (Wildman–Crippen MR) is 127 cm³/mol. The van der Waals surface area contributed by atoms with E-state index in [1.807, 2.05) is 32.9 Å². The maximum atomic E-state index is 13.2. The van der Waals surface area contributed by atoms with Crippen LogP contribution < -0.4 is 5.32 Å². The van der Waals surface area contributed by atoms with Crippen molar-refractivity contribution in [3.05, 3.63) is 89.3 Å².